The molecule has 0 aromatic carbocycles. The lowest BCUT2D eigenvalue weighted by molar-refractivity contribution is 0.0205. The zero-order valence-corrected chi connectivity index (χ0v) is 13.0. The number of aromatic nitrogens is 1. The molecule has 2 rings (SSSR count). The summed E-state index contributed by atoms with van der Waals surface area (Å²) in [6.07, 6.45) is 5.08. The van der Waals surface area contributed by atoms with Crippen molar-refractivity contribution in [2.75, 3.05) is 13.1 Å². The van der Waals surface area contributed by atoms with Gasteiger partial charge in [-0.1, -0.05) is 11.6 Å². The number of amides is 1. The molecule has 1 aromatic heterocycles. The zero-order valence-electron chi connectivity index (χ0n) is 12.2. The van der Waals surface area contributed by atoms with Gasteiger partial charge in [-0.2, -0.15) is 0 Å². The molecule has 1 fully saturated rings. The van der Waals surface area contributed by atoms with Crippen LogP contribution in [0.25, 0.3) is 0 Å². The van der Waals surface area contributed by atoms with Crippen LogP contribution in [0.3, 0.4) is 0 Å². The second-order valence-electron chi connectivity index (χ2n) is 6.14. The summed E-state index contributed by atoms with van der Waals surface area (Å²) in [4.78, 5) is 17.9. The van der Waals surface area contributed by atoms with Gasteiger partial charge in [0.2, 0.25) is 0 Å². The molecule has 0 unspecified atom stereocenters. The first-order chi connectivity index (χ1) is 9.37. The Morgan fingerprint density at radius 3 is 2.60 bits per heavy atom. The first-order valence-corrected chi connectivity index (χ1v) is 7.32. The van der Waals surface area contributed by atoms with Crippen LogP contribution < -0.4 is 0 Å². The van der Waals surface area contributed by atoms with E-state index in [0.717, 1.165) is 23.4 Å². The highest BCUT2D eigenvalue weighted by Gasteiger charge is 2.28. The number of piperidine rings is 1. The van der Waals surface area contributed by atoms with E-state index in [1.54, 1.807) is 11.1 Å². The highest BCUT2D eigenvalue weighted by atomic mass is 35.5. The molecule has 1 aliphatic rings. The van der Waals surface area contributed by atoms with Crippen LogP contribution in [0.4, 0.5) is 4.79 Å². The molecule has 2 heterocycles. The van der Waals surface area contributed by atoms with Gasteiger partial charge in [0.15, 0.2) is 0 Å². The summed E-state index contributed by atoms with van der Waals surface area (Å²) >= 11 is 6.20. The molecule has 5 heteroatoms. The van der Waals surface area contributed by atoms with Crippen molar-refractivity contribution in [3.05, 3.63) is 29.0 Å². The summed E-state index contributed by atoms with van der Waals surface area (Å²) in [6.45, 7) is 7.04. The van der Waals surface area contributed by atoms with Gasteiger partial charge in [0.25, 0.3) is 0 Å². The van der Waals surface area contributed by atoms with Gasteiger partial charge in [-0.15, -0.1) is 0 Å². The van der Waals surface area contributed by atoms with Gasteiger partial charge in [0.1, 0.15) is 5.60 Å². The van der Waals surface area contributed by atoms with Crippen molar-refractivity contribution < 1.29 is 9.53 Å². The Morgan fingerprint density at radius 1 is 1.40 bits per heavy atom. The minimum Gasteiger partial charge on any atom is -0.444 e. The number of carbonyl (C=O) groups is 1. The Balaban J connectivity index is 1.93. The van der Waals surface area contributed by atoms with Crippen molar-refractivity contribution >= 4 is 17.7 Å². The Bertz CT molecular complexity index is 477. The molecule has 0 bridgehead atoms. The van der Waals surface area contributed by atoms with Crippen molar-refractivity contribution in [1.29, 1.82) is 0 Å². The molecule has 20 heavy (non-hydrogen) atoms. The van der Waals surface area contributed by atoms with Gasteiger partial charge in [-0.25, -0.2) is 4.79 Å². The number of hydrogen-bond acceptors (Lipinski definition) is 3. The molecule has 4 nitrogen and oxygen atoms in total. The molecule has 0 N–H and O–H groups in total. The molecular formula is C15H21ClN2O2. The summed E-state index contributed by atoms with van der Waals surface area (Å²) < 4.78 is 5.39. The van der Waals surface area contributed by atoms with Crippen LogP contribution in [0.15, 0.2) is 18.5 Å². The fourth-order valence-electron chi connectivity index (χ4n) is 2.39. The third-order valence-corrected chi connectivity index (χ3v) is 3.73. The van der Waals surface area contributed by atoms with E-state index in [-0.39, 0.29) is 6.09 Å². The number of likely N-dealkylation sites (tertiary alicyclic amines) is 1. The average molecular weight is 297 g/mol. The number of rotatable bonds is 1. The van der Waals surface area contributed by atoms with Crippen LogP contribution in [0, 0.1) is 0 Å². The summed E-state index contributed by atoms with van der Waals surface area (Å²) in [5, 5.41) is 0.760. The van der Waals surface area contributed by atoms with E-state index in [1.807, 2.05) is 33.0 Å². The standard InChI is InChI=1S/C15H21ClN2O2/c1-15(2,3)20-14(19)18-8-5-11(6-9-18)12-10-17-7-4-13(12)16/h4,7,10-11H,5-6,8-9H2,1-3H3. The molecule has 1 aliphatic heterocycles. The normalized spacial score (nSPS) is 17.1. The molecule has 0 atom stereocenters. The van der Waals surface area contributed by atoms with E-state index in [1.165, 1.54) is 0 Å². The van der Waals surface area contributed by atoms with E-state index in [2.05, 4.69) is 4.98 Å². The Hall–Kier alpha value is -1.29. The van der Waals surface area contributed by atoms with Crippen molar-refractivity contribution in [1.82, 2.24) is 9.88 Å². The second-order valence-corrected chi connectivity index (χ2v) is 6.55. The van der Waals surface area contributed by atoms with Crippen LogP contribution >= 0.6 is 11.6 Å². The lowest BCUT2D eigenvalue weighted by Crippen LogP contribution is -2.41. The monoisotopic (exact) mass is 296 g/mol. The van der Waals surface area contributed by atoms with Crippen LogP contribution in [-0.2, 0) is 4.74 Å². The quantitative estimate of drug-likeness (QED) is 0.790. The highest BCUT2D eigenvalue weighted by Crippen LogP contribution is 2.32. The van der Waals surface area contributed by atoms with Crippen LogP contribution in [0.5, 0.6) is 0 Å². The summed E-state index contributed by atoms with van der Waals surface area (Å²) in [5.41, 5.74) is 0.638. The van der Waals surface area contributed by atoms with Crippen molar-refractivity contribution in [3.63, 3.8) is 0 Å². The Morgan fingerprint density at radius 2 is 2.05 bits per heavy atom. The molecule has 0 aliphatic carbocycles. The van der Waals surface area contributed by atoms with Gasteiger partial charge in [0, 0.05) is 30.5 Å². The fraction of sp³-hybridized carbons (Fsp3) is 0.600. The molecule has 1 aromatic rings. The van der Waals surface area contributed by atoms with Gasteiger partial charge >= 0.3 is 6.09 Å². The molecule has 0 radical (unpaired) electrons. The van der Waals surface area contributed by atoms with Crippen molar-refractivity contribution in [2.45, 2.75) is 45.1 Å². The minimum atomic E-state index is -0.444. The summed E-state index contributed by atoms with van der Waals surface area (Å²) in [6, 6.07) is 1.82. The van der Waals surface area contributed by atoms with Gasteiger partial charge in [-0.3, -0.25) is 4.98 Å². The van der Waals surface area contributed by atoms with E-state index in [4.69, 9.17) is 16.3 Å². The number of pyridine rings is 1. The number of ether oxygens (including phenoxy) is 1. The molecule has 110 valence electrons. The van der Waals surface area contributed by atoms with E-state index >= 15 is 0 Å². The predicted molar refractivity (Wildman–Crippen MR) is 79.0 cm³/mol. The molecular weight excluding hydrogens is 276 g/mol. The number of halogens is 1. The third kappa shape index (κ3) is 3.85. The van der Waals surface area contributed by atoms with E-state index in [9.17, 15) is 4.79 Å². The minimum absolute atomic E-state index is 0.228. The van der Waals surface area contributed by atoms with Crippen molar-refractivity contribution in [2.24, 2.45) is 0 Å². The number of carbonyl (C=O) groups excluding carboxylic acids is 1. The Labute approximate surface area is 125 Å². The first-order valence-electron chi connectivity index (χ1n) is 6.94. The maximum atomic E-state index is 12.0. The smallest absolute Gasteiger partial charge is 0.410 e. The second kappa shape index (κ2) is 6.00. The molecule has 0 spiro atoms. The van der Waals surface area contributed by atoms with Gasteiger partial charge < -0.3 is 9.64 Å². The molecule has 0 saturated carbocycles. The maximum Gasteiger partial charge on any atom is 0.410 e. The first kappa shape index (κ1) is 15.1. The average Bonchev–Trinajstić information content (AvgIpc) is 2.37. The molecule has 1 saturated heterocycles. The fourth-order valence-corrected chi connectivity index (χ4v) is 2.65. The maximum absolute atomic E-state index is 12.0. The number of nitrogens with zero attached hydrogens (tertiary/aromatic N) is 2. The third-order valence-electron chi connectivity index (χ3n) is 3.38. The largest absolute Gasteiger partial charge is 0.444 e. The number of hydrogen-bond donors (Lipinski definition) is 0. The lowest BCUT2D eigenvalue weighted by Gasteiger charge is -2.33. The van der Waals surface area contributed by atoms with E-state index < -0.39 is 5.60 Å². The predicted octanol–water partition coefficient (Wildman–Crippen LogP) is 3.85. The SMILES string of the molecule is CC(C)(C)OC(=O)N1CCC(c2cnccc2Cl)CC1. The van der Waals surface area contributed by atoms with Gasteiger partial charge in [0.05, 0.1) is 0 Å². The topological polar surface area (TPSA) is 42.4 Å². The van der Waals surface area contributed by atoms with Crippen LogP contribution in [0.2, 0.25) is 5.02 Å². The van der Waals surface area contributed by atoms with E-state index in [0.29, 0.717) is 19.0 Å². The lowest BCUT2D eigenvalue weighted by atomic mass is 9.90. The molecule has 1 amide bonds. The zero-order chi connectivity index (χ0) is 14.8. The van der Waals surface area contributed by atoms with Gasteiger partial charge in [-0.05, 0) is 51.2 Å². The Kier molecular flexibility index (Phi) is 4.53. The summed E-state index contributed by atoms with van der Waals surface area (Å²) in [7, 11) is 0. The van der Waals surface area contributed by atoms with Crippen LogP contribution in [0.1, 0.15) is 45.1 Å². The summed E-state index contributed by atoms with van der Waals surface area (Å²) in [5.74, 6) is 0.370. The highest BCUT2D eigenvalue weighted by molar-refractivity contribution is 6.31. The van der Waals surface area contributed by atoms with Crippen molar-refractivity contribution in [3.8, 4) is 0 Å². The van der Waals surface area contributed by atoms with Crippen LogP contribution in [-0.4, -0.2) is 34.7 Å².